The van der Waals surface area contributed by atoms with E-state index < -0.39 is 8.07 Å². The van der Waals surface area contributed by atoms with E-state index in [4.69, 9.17) is 0 Å². The third-order valence-corrected chi connectivity index (χ3v) is 8.73. The lowest BCUT2D eigenvalue weighted by atomic mass is 9.90. The number of benzene rings is 2. The topological polar surface area (TPSA) is 3.01 Å². The van der Waals surface area contributed by atoms with E-state index in [1.54, 1.807) is 10.8 Å². The summed E-state index contributed by atoms with van der Waals surface area (Å²) in [5.41, 5.74) is 6.70. The molecule has 0 spiro atoms. The van der Waals surface area contributed by atoms with Gasteiger partial charge in [0.25, 0.3) is 0 Å². The maximum Gasteiger partial charge on any atom is 0.147 e. The van der Waals surface area contributed by atoms with Gasteiger partial charge in [-0.25, -0.2) is 0 Å². The largest absolute Gasteiger partial charge is 0.255 e. The van der Waals surface area contributed by atoms with Crippen molar-refractivity contribution in [1.82, 2.24) is 0 Å². The Kier molecular flexibility index (Phi) is 5.88. The van der Waals surface area contributed by atoms with Crippen LogP contribution < -0.4 is 0 Å². The second-order valence-electron chi connectivity index (χ2n) is 10.1. The van der Waals surface area contributed by atoms with E-state index in [1.165, 1.54) is 60.4 Å². The lowest BCUT2D eigenvalue weighted by Crippen LogP contribution is -2.31. The molecule has 0 bridgehead atoms. The van der Waals surface area contributed by atoms with Gasteiger partial charge in [0.1, 0.15) is 12.2 Å². The summed E-state index contributed by atoms with van der Waals surface area (Å²) in [6.07, 6.45) is 11.6. The molecule has 2 aliphatic rings. The smallest absolute Gasteiger partial charge is 0.147 e. The van der Waals surface area contributed by atoms with Gasteiger partial charge < -0.3 is 0 Å². The highest BCUT2D eigenvalue weighted by molar-refractivity contribution is 6.84. The fourth-order valence-corrected chi connectivity index (χ4v) is 6.62. The molecule has 1 aliphatic carbocycles. The standard InChI is InChI=1S/C28H35NSi/c1-21-15-16-24(23-13-7-6-8-14-23)18-26(21)27-19-25(17-22-11-9-10-12-22)28(20-29(27)2)30(3,4)5/h6-8,13-16,18-20,22H,2,9-12,17H2,1,3-5H3. The zero-order chi connectivity index (χ0) is 21.3. The monoisotopic (exact) mass is 413 g/mol. The van der Waals surface area contributed by atoms with Crippen LogP contribution >= 0.6 is 0 Å². The van der Waals surface area contributed by atoms with Crippen molar-refractivity contribution in [1.29, 1.82) is 0 Å². The fourth-order valence-electron chi connectivity index (χ4n) is 4.94. The predicted octanol–water partition coefficient (Wildman–Crippen LogP) is 7.54. The second kappa shape index (κ2) is 8.43. The molecule has 1 heterocycles. The Morgan fingerprint density at radius 3 is 2.37 bits per heavy atom. The lowest BCUT2D eigenvalue weighted by molar-refractivity contribution is -0.418. The maximum atomic E-state index is 4.43. The first-order valence-corrected chi connectivity index (χ1v) is 14.9. The Morgan fingerprint density at radius 1 is 1.00 bits per heavy atom. The first-order chi connectivity index (χ1) is 14.3. The molecular weight excluding hydrogens is 378 g/mol. The molecule has 0 atom stereocenters. The van der Waals surface area contributed by atoms with Gasteiger partial charge in [-0.15, -0.1) is 0 Å². The highest BCUT2D eigenvalue weighted by atomic mass is 28.3. The predicted molar refractivity (Wildman–Crippen MR) is 132 cm³/mol. The summed E-state index contributed by atoms with van der Waals surface area (Å²) in [7, 11) is -1.44. The van der Waals surface area contributed by atoms with Crippen molar-refractivity contribution in [2.75, 3.05) is 0 Å². The Hall–Kier alpha value is -2.32. The van der Waals surface area contributed by atoms with Gasteiger partial charge in [-0.2, -0.15) is 0 Å². The van der Waals surface area contributed by atoms with Crippen molar-refractivity contribution in [3.8, 4) is 11.1 Å². The van der Waals surface area contributed by atoms with Crippen LogP contribution in [0.25, 0.3) is 11.1 Å². The summed E-state index contributed by atoms with van der Waals surface area (Å²) >= 11 is 0. The summed E-state index contributed by atoms with van der Waals surface area (Å²) in [5.74, 6) is 0.852. The molecule has 1 aliphatic heterocycles. The van der Waals surface area contributed by atoms with E-state index >= 15 is 0 Å². The number of allylic oxidation sites excluding steroid dienone is 2. The average molecular weight is 414 g/mol. The van der Waals surface area contributed by atoms with Crippen molar-refractivity contribution in [2.45, 2.75) is 58.7 Å². The fraction of sp³-hybridized carbons (Fsp3) is 0.357. The number of nitrogens with zero attached hydrogens (tertiary/aromatic N) is 1. The van der Waals surface area contributed by atoms with Gasteiger partial charge in [0, 0.05) is 0 Å². The minimum Gasteiger partial charge on any atom is -0.255 e. The molecule has 4 rings (SSSR count). The van der Waals surface area contributed by atoms with Gasteiger partial charge in [-0.05, 0) is 40.3 Å². The number of hydrogen-bond acceptors (Lipinski definition) is 0. The molecule has 0 unspecified atom stereocenters. The SMILES string of the molecule is C=[N+]1C=C([Si](C)(C)C)C(CC2CCCC2)=C[C-]1c1cc(-c2ccccc2)ccc1C. The quantitative estimate of drug-likeness (QED) is 0.271. The molecule has 30 heavy (non-hydrogen) atoms. The highest BCUT2D eigenvalue weighted by Gasteiger charge is 2.31. The summed E-state index contributed by atoms with van der Waals surface area (Å²) in [4.78, 5) is 0. The zero-order valence-corrected chi connectivity index (χ0v) is 20.0. The van der Waals surface area contributed by atoms with Gasteiger partial charge in [0.2, 0.25) is 0 Å². The number of rotatable bonds is 5. The lowest BCUT2D eigenvalue weighted by Gasteiger charge is -2.32. The summed E-state index contributed by atoms with van der Waals surface area (Å²) < 4.78 is 2.13. The molecule has 1 nitrogen and oxygen atoms in total. The molecule has 1 saturated carbocycles. The average Bonchev–Trinajstić information content (AvgIpc) is 3.22. The third kappa shape index (κ3) is 4.39. The molecule has 0 aromatic heterocycles. The molecule has 156 valence electrons. The van der Waals surface area contributed by atoms with Crippen molar-refractivity contribution in [3.63, 3.8) is 0 Å². The Labute approximate surface area is 183 Å². The van der Waals surface area contributed by atoms with E-state index in [0.29, 0.717) is 0 Å². The van der Waals surface area contributed by atoms with Crippen LogP contribution in [0.2, 0.25) is 19.6 Å². The van der Waals surface area contributed by atoms with Crippen molar-refractivity contribution < 1.29 is 4.58 Å². The molecule has 2 heteroatoms. The first kappa shape index (κ1) is 20.9. The van der Waals surface area contributed by atoms with Crippen LogP contribution in [0.5, 0.6) is 0 Å². The Bertz CT molecular complexity index is 985. The Balaban J connectivity index is 1.74. The molecule has 0 radical (unpaired) electrons. The van der Waals surface area contributed by atoms with Crippen molar-refractivity contribution >= 4 is 14.8 Å². The summed E-state index contributed by atoms with van der Waals surface area (Å²) in [5, 5.41) is 1.57. The normalized spacial score (nSPS) is 17.9. The number of hydrogen-bond donors (Lipinski definition) is 0. The molecule has 0 saturated heterocycles. The van der Waals surface area contributed by atoms with Crippen LogP contribution in [-0.2, 0) is 0 Å². The van der Waals surface area contributed by atoms with E-state index in [9.17, 15) is 0 Å². The van der Waals surface area contributed by atoms with E-state index in [1.807, 2.05) is 0 Å². The Morgan fingerprint density at radius 2 is 1.70 bits per heavy atom. The molecule has 1 fully saturated rings. The molecule has 2 aromatic carbocycles. The van der Waals surface area contributed by atoms with E-state index in [2.05, 4.69) is 98.7 Å². The van der Waals surface area contributed by atoms with Gasteiger partial charge in [-0.1, -0.05) is 112 Å². The molecule has 0 amide bonds. The van der Waals surface area contributed by atoms with Gasteiger partial charge in [-0.3, -0.25) is 4.58 Å². The van der Waals surface area contributed by atoms with E-state index in [-0.39, 0.29) is 0 Å². The zero-order valence-electron chi connectivity index (χ0n) is 19.0. The summed E-state index contributed by atoms with van der Waals surface area (Å²) in [6.45, 7) is 14.0. The van der Waals surface area contributed by atoms with Gasteiger partial charge in [0.05, 0.1) is 14.8 Å². The van der Waals surface area contributed by atoms with Crippen LogP contribution in [0.4, 0.5) is 0 Å². The van der Waals surface area contributed by atoms with Gasteiger partial charge in [0.15, 0.2) is 0 Å². The van der Waals surface area contributed by atoms with Crippen LogP contribution in [0.1, 0.15) is 43.2 Å². The van der Waals surface area contributed by atoms with Crippen molar-refractivity contribution in [2.24, 2.45) is 5.92 Å². The van der Waals surface area contributed by atoms with Crippen LogP contribution in [0.3, 0.4) is 0 Å². The number of aryl methyl sites for hydroxylation is 1. The van der Waals surface area contributed by atoms with E-state index in [0.717, 1.165) is 5.92 Å². The first-order valence-electron chi connectivity index (χ1n) is 11.4. The summed E-state index contributed by atoms with van der Waals surface area (Å²) in [6, 6.07) is 18.7. The highest BCUT2D eigenvalue weighted by Crippen LogP contribution is 2.40. The van der Waals surface area contributed by atoms with Crippen LogP contribution in [0, 0.1) is 18.9 Å². The minimum absolute atomic E-state index is 0.852. The molecular formula is C28H35NSi. The van der Waals surface area contributed by atoms with Crippen LogP contribution in [0.15, 0.2) is 71.6 Å². The third-order valence-electron chi connectivity index (χ3n) is 6.66. The van der Waals surface area contributed by atoms with Crippen LogP contribution in [-0.4, -0.2) is 19.4 Å². The minimum atomic E-state index is -1.44. The van der Waals surface area contributed by atoms with Crippen molar-refractivity contribution in [3.05, 3.63) is 88.7 Å². The second-order valence-corrected chi connectivity index (χ2v) is 15.1. The van der Waals surface area contributed by atoms with Gasteiger partial charge >= 0.3 is 0 Å². The molecule has 2 aromatic rings. The molecule has 0 N–H and O–H groups in total. The maximum absolute atomic E-state index is 4.43.